The lowest BCUT2D eigenvalue weighted by molar-refractivity contribution is 0.669. The minimum Gasteiger partial charge on any atom is -0.456 e. The monoisotopic (exact) mass is 601 g/mol. The number of aromatic nitrogens is 3. The Morgan fingerprint density at radius 2 is 0.915 bits per heavy atom. The first-order chi connectivity index (χ1) is 23.3. The van der Waals surface area contributed by atoms with E-state index in [0.717, 1.165) is 44.2 Å². The minimum absolute atomic E-state index is 0.609. The summed E-state index contributed by atoms with van der Waals surface area (Å²) in [5.74, 6) is 1.86. The molecular weight excluding hydrogens is 574 g/mol. The normalized spacial score (nSPS) is 11.4. The highest BCUT2D eigenvalue weighted by Crippen LogP contribution is 2.37. The van der Waals surface area contributed by atoms with Gasteiger partial charge in [0.05, 0.1) is 0 Å². The molecule has 2 aromatic heterocycles. The summed E-state index contributed by atoms with van der Waals surface area (Å²) in [7, 11) is 0. The van der Waals surface area contributed by atoms with Crippen LogP contribution in [0.3, 0.4) is 0 Å². The lowest BCUT2D eigenvalue weighted by atomic mass is 9.94. The first-order valence-electron chi connectivity index (χ1n) is 15.7. The predicted molar refractivity (Wildman–Crippen MR) is 192 cm³/mol. The van der Waals surface area contributed by atoms with E-state index in [1.807, 2.05) is 60.7 Å². The third-order valence-corrected chi connectivity index (χ3v) is 8.75. The van der Waals surface area contributed by atoms with E-state index in [2.05, 4.69) is 103 Å². The summed E-state index contributed by atoms with van der Waals surface area (Å²) in [4.78, 5) is 15.1. The van der Waals surface area contributed by atoms with Crippen LogP contribution in [-0.4, -0.2) is 15.0 Å². The Hall–Kier alpha value is -6.39. The molecule has 0 atom stereocenters. The Balaban J connectivity index is 1.17. The van der Waals surface area contributed by atoms with Gasteiger partial charge in [-0.3, -0.25) is 0 Å². The maximum absolute atomic E-state index is 6.19. The average Bonchev–Trinajstić information content (AvgIpc) is 3.54. The van der Waals surface area contributed by atoms with Gasteiger partial charge in [-0.05, 0) is 51.2 Å². The van der Waals surface area contributed by atoms with E-state index in [9.17, 15) is 0 Å². The molecule has 0 saturated carbocycles. The Morgan fingerprint density at radius 1 is 0.340 bits per heavy atom. The standard InChI is InChI=1S/C43H27N3O/c1-3-11-28(12-4-1)33-26-23-29-15-9-17-34(37(29)27-33)30-21-24-32(25-22-30)42-44-41(31-13-5-2-6-14-31)45-43(46-42)36-18-10-20-39-40(36)35-16-7-8-19-38(35)47-39/h1-27H. The van der Waals surface area contributed by atoms with E-state index in [1.54, 1.807) is 0 Å². The summed E-state index contributed by atoms with van der Waals surface area (Å²) in [6.45, 7) is 0. The van der Waals surface area contributed by atoms with Gasteiger partial charge in [0.1, 0.15) is 11.2 Å². The SMILES string of the molecule is c1ccc(-c2ccc3cccc(-c4ccc(-c5nc(-c6ccccc6)nc(-c6cccc7oc8ccccc8c67)n5)cc4)c3c2)cc1. The van der Waals surface area contributed by atoms with Crippen molar-refractivity contribution in [3.63, 3.8) is 0 Å². The number of benzene rings is 7. The third kappa shape index (κ3) is 4.84. The van der Waals surface area contributed by atoms with Crippen molar-refractivity contribution in [2.24, 2.45) is 0 Å². The van der Waals surface area contributed by atoms with Gasteiger partial charge in [-0.15, -0.1) is 0 Å². The molecule has 4 nitrogen and oxygen atoms in total. The maximum atomic E-state index is 6.19. The molecular formula is C43H27N3O. The van der Waals surface area contributed by atoms with Crippen molar-refractivity contribution in [3.8, 4) is 56.4 Å². The summed E-state index contributed by atoms with van der Waals surface area (Å²) < 4.78 is 6.19. The van der Waals surface area contributed by atoms with Crippen molar-refractivity contribution in [3.05, 3.63) is 164 Å². The Kier molecular flexibility index (Phi) is 6.43. The van der Waals surface area contributed by atoms with Gasteiger partial charge in [-0.1, -0.05) is 146 Å². The highest BCUT2D eigenvalue weighted by molar-refractivity contribution is 6.11. The topological polar surface area (TPSA) is 51.8 Å². The van der Waals surface area contributed by atoms with E-state index in [1.165, 1.54) is 27.5 Å². The lowest BCUT2D eigenvalue weighted by Crippen LogP contribution is -2.00. The van der Waals surface area contributed by atoms with Crippen molar-refractivity contribution < 1.29 is 4.42 Å². The zero-order valence-electron chi connectivity index (χ0n) is 25.3. The van der Waals surface area contributed by atoms with Crippen molar-refractivity contribution in [1.29, 1.82) is 0 Å². The molecule has 0 fully saturated rings. The number of rotatable bonds is 5. The summed E-state index contributed by atoms with van der Waals surface area (Å²) in [6.07, 6.45) is 0. The minimum atomic E-state index is 0.609. The molecule has 9 rings (SSSR count). The zero-order valence-corrected chi connectivity index (χ0v) is 25.3. The van der Waals surface area contributed by atoms with Gasteiger partial charge in [0.2, 0.25) is 0 Å². The molecule has 2 heterocycles. The molecule has 4 heteroatoms. The fourth-order valence-corrected chi connectivity index (χ4v) is 6.44. The maximum Gasteiger partial charge on any atom is 0.164 e. The average molecular weight is 602 g/mol. The largest absolute Gasteiger partial charge is 0.456 e. The van der Waals surface area contributed by atoms with Crippen LogP contribution in [0.4, 0.5) is 0 Å². The van der Waals surface area contributed by atoms with Crippen LogP contribution in [0.25, 0.3) is 89.1 Å². The molecule has 0 bridgehead atoms. The van der Waals surface area contributed by atoms with Crippen LogP contribution in [0.1, 0.15) is 0 Å². The molecule has 0 unspecified atom stereocenters. The van der Waals surface area contributed by atoms with Crippen molar-refractivity contribution >= 4 is 32.7 Å². The van der Waals surface area contributed by atoms with Crippen LogP contribution in [-0.2, 0) is 0 Å². The van der Waals surface area contributed by atoms with Gasteiger partial charge >= 0.3 is 0 Å². The number of hydrogen-bond donors (Lipinski definition) is 0. The second-order valence-corrected chi connectivity index (χ2v) is 11.6. The fourth-order valence-electron chi connectivity index (χ4n) is 6.44. The van der Waals surface area contributed by atoms with Gasteiger partial charge in [-0.25, -0.2) is 15.0 Å². The van der Waals surface area contributed by atoms with Crippen molar-refractivity contribution in [1.82, 2.24) is 15.0 Å². The zero-order chi connectivity index (χ0) is 31.2. The third-order valence-electron chi connectivity index (χ3n) is 8.75. The second kappa shape index (κ2) is 11.2. The number of hydrogen-bond acceptors (Lipinski definition) is 4. The van der Waals surface area contributed by atoms with E-state index in [4.69, 9.17) is 19.4 Å². The molecule has 47 heavy (non-hydrogen) atoms. The summed E-state index contributed by atoms with van der Waals surface area (Å²) in [6, 6.07) is 56.5. The molecule has 0 aliphatic heterocycles. The van der Waals surface area contributed by atoms with Crippen molar-refractivity contribution in [2.75, 3.05) is 0 Å². The van der Waals surface area contributed by atoms with E-state index >= 15 is 0 Å². The Morgan fingerprint density at radius 3 is 1.70 bits per heavy atom. The van der Waals surface area contributed by atoms with Crippen LogP contribution < -0.4 is 0 Å². The van der Waals surface area contributed by atoms with Gasteiger partial charge < -0.3 is 4.42 Å². The summed E-state index contributed by atoms with van der Waals surface area (Å²) >= 11 is 0. The highest BCUT2D eigenvalue weighted by Gasteiger charge is 2.18. The second-order valence-electron chi connectivity index (χ2n) is 11.6. The van der Waals surface area contributed by atoms with Gasteiger partial charge in [-0.2, -0.15) is 0 Å². The van der Waals surface area contributed by atoms with Crippen LogP contribution in [0.15, 0.2) is 168 Å². The smallest absolute Gasteiger partial charge is 0.164 e. The van der Waals surface area contributed by atoms with Crippen LogP contribution in [0.5, 0.6) is 0 Å². The van der Waals surface area contributed by atoms with Crippen LogP contribution in [0, 0.1) is 0 Å². The van der Waals surface area contributed by atoms with Crippen LogP contribution in [0.2, 0.25) is 0 Å². The van der Waals surface area contributed by atoms with Gasteiger partial charge in [0.25, 0.3) is 0 Å². The van der Waals surface area contributed by atoms with Crippen molar-refractivity contribution in [2.45, 2.75) is 0 Å². The van der Waals surface area contributed by atoms with E-state index < -0.39 is 0 Å². The summed E-state index contributed by atoms with van der Waals surface area (Å²) in [5.41, 5.74) is 9.15. The Bertz CT molecular complexity index is 2550. The number of fused-ring (bicyclic) bond motifs is 4. The summed E-state index contributed by atoms with van der Waals surface area (Å²) in [5, 5.41) is 4.47. The molecule has 0 spiro atoms. The number of para-hydroxylation sites is 1. The molecule has 0 radical (unpaired) electrons. The molecule has 0 amide bonds. The highest BCUT2D eigenvalue weighted by atomic mass is 16.3. The number of nitrogens with zero attached hydrogens (tertiary/aromatic N) is 3. The predicted octanol–water partition coefficient (Wildman–Crippen LogP) is 11.3. The molecule has 9 aromatic rings. The molecule has 0 aliphatic carbocycles. The molecule has 0 aliphatic rings. The van der Waals surface area contributed by atoms with E-state index in [0.29, 0.717) is 17.5 Å². The van der Waals surface area contributed by atoms with E-state index in [-0.39, 0.29) is 0 Å². The molecule has 7 aromatic carbocycles. The van der Waals surface area contributed by atoms with Gasteiger partial charge in [0, 0.05) is 27.5 Å². The molecule has 220 valence electrons. The first-order valence-corrected chi connectivity index (χ1v) is 15.7. The molecule has 0 N–H and O–H groups in total. The number of furan rings is 1. The first kappa shape index (κ1) is 27.0. The fraction of sp³-hybridized carbons (Fsp3) is 0. The lowest BCUT2D eigenvalue weighted by Gasteiger charge is -2.11. The Labute approximate surface area is 271 Å². The quantitative estimate of drug-likeness (QED) is 0.197. The van der Waals surface area contributed by atoms with Gasteiger partial charge in [0.15, 0.2) is 17.5 Å². The van der Waals surface area contributed by atoms with Crippen LogP contribution >= 0.6 is 0 Å². The molecule has 0 saturated heterocycles.